The monoisotopic (exact) mass is 461 g/mol. The van der Waals surface area contributed by atoms with Gasteiger partial charge in [-0.15, -0.1) is 0 Å². The molecule has 0 spiro atoms. The summed E-state index contributed by atoms with van der Waals surface area (Å²) in [5.74, 6) is -1.84. The number of aromatic amines is 1. The molecule has 170 valence electrons. The minimum absolute atomic E-state index is 0.0231. The molecular weight excluding hydrogens is 442 g/mol. The fourth-order valence-corrected chi connectivity index (χ4v) is 1.49. The van der Waals surface area contributed by atoms with E-state index in [2.05, 4.69) is 31.3 Å². The molecule has 1 aromatic rings. The van der Waals surface area contributed by atoms with E-state index in [-0.39, 0.29) is 18.2 Å². The molecule has 9 nitrogen and oxygen atoms in total. The summed E-state index contributed by atoms with van der Waals surface area (Å²) >= 11 is 4.18. The molecule has 1 amide bonds. The first-order chi connectivity index (χ1) is 13.7. The van der Waals surface area contributed by atoms with E-state index in [1.54, 1.807) is 20.8 Å². The van der Waals surface area contributed by atoms with Gasteiger partial charge in [0.05, 0.1) is 19.9 Å². The number of H-pyrrole nitrogens is 1. The smallest absolute Gasteiger partial charge is 0.417 e. The highest BCUT2D eigenvalue weighted by Crippen LogP contribution is 2.19. The minimum atomic E-state index is -3.88. The second-order valence-electron chi connectivity index (χ2n) is 6.18. The fraction of sp³-hybridized carbons (Fsp3) is 0.500. The number of carbonyl (C=O) groups is 3. The maximum absolute atomic E-state index is 11.4. The zero-order valence-corrected chi connectivity index (χ0v) is 17.1. The van der Waals surface area contributed by atoms with Crippen molar-refractivity contribution in [2.24, 2.45) is 0 Å². The summed E-state index contributed by atoms with van der Waals surface area (Å²) in [4.78, 5) is 33.1. The quantitative estimate of drug-likeness (QED) is 0.417. The van der Waals surface area contributed by atoms with Gasteiger partial charge in [-0.1, -0.05) is 0 Å². The minimum Gasteiger partial charge on any atom is -0.464 e. The van der Waals surface area contributed by atoms with Crippen LogP contribution < -0.4 is 4.74 Å². The number of aromatic nitrogens is 2. The SMILES string of the molecule is CC(C)(C)OC(=O)N1C=CC(=O)C1.COC(=O)C(F)(F)Cl.FC(F)Oc1ccn[nH]1. The van der Waals surface area contributed by atoms with E-state index >= 15 is 0 Å². The number of halogens is 5. The van der Waals surface area contributed by atoms with Crippen LogP contribution in [0.2, 0.25) is 0 Å². The molecular formula is C16H20ClF4N3O6. The second-order valence-corrected chi connectivity index (χ2v) is 6.65. The number of amides is 1. The Hall–Kier alpha value is -2.83. The van der Waals surface area contributed by atoms with Gasteiger partial charge in [-0.25, -0.2) is 14.7 Å². The summed E-state index contributed by atoms with van der Waals surface area (Å²) in [6.07, 6.45) is 3.66. The Kier molecular flexibility index (Phi) is 10.9. The average Bonchev–Trinajstić information content (AvgIpc) is 3.24. The molecule has 2 rings (SSSR count). The van der Waals surface area contributed by atoms with E-state index in [0.29, 0.717) is 0 Å². The van der Waals surface area contributed by atoms with E-state index in [4.69, 9.17) is 4.74 Å². The van der Waals surface area contributed by atoms with Gasteiger partial charge in [0.15, 0.2) is 5.78 Å². The van der Waals surface area contributed by atoms with Crippen LogP contribution in [0.3, 0.4) is 0 Å². The van der Waals surface area contributed by atoms with Crippen molar-refractivity contribution >= 4 is 29.4 Å². The largest absolute Gasteiger partial charge is 0.464 e. The number of hydrogen-bond acceptors (Lipinski definition) is 7. The number of ether oxygens (including phenoxy) is 3. The summed E-state index contributed by atoms with van der Waals surface area (Å²) in [6, 6.07) is 1.31. The van der Waals surface area contributed by atoms with E-state index in [0.717, 1.165) is 7.11 Å². The van der Waals surface area contributed by atoms with Gasteiger partial charge in [-0.05, 0) is 38.4 Å². The molecule has 30 heavy (non-hydrogen) atoms. The van der Waals surface area contributed by atoms with Gasteiger partial charge in [-0.3, -0.25) is 9.69 Å². The van der Waals surface area contributed by atoms with E-state index in [9.17, 15) is 31.9 Å². The molecule has 1 aromatic heterocycles. The third kappa shape index (κ3) is 12.6. The lowest BCUT2D eigenvalue weighted by Gasteiger charge is -2.22. The number of nitrogens with zero attached hydrogens (tertiary/aromatic N) is 2. The van der Waals surface area contributed by atoms with Gasteiger partial charge < -0.3 is 14.2 Å². The number of methoxy groups -OCH3 is 1. The van der Waals surface area contributed by atoms with Gasteiger partial charge in [0.1, 0.15) is 5.60 Å². The van der Waals surface area contributed by atoms with Crippen LogP contribution in [0.5, 0.6) is 5.88 Å². The highest BCUT2D eigenvalue weighted by Gasteiger charge is 2.36. The van der Waals surface area contributed by atoms with Crippen molar-refractivity contribution in [3.05, 3.63) is 24.5 Å². The van der Waals surface area contributed by atoms with Crippen molar-refractivity contribution in [2.75, 3.05) is 13.7 Å². The molecule has 14 heteroatoms. The Labute approximate surface area is 173 Å². The predicted molar refractivity (Wildman–Crippen MR) is 95.1 cm³/mol. The van der Waals surface area contributed by atoms with Gasteiger partial charge in [-0.2, -0.15) is 22.7 Å². The van der Waals surface area contributed by atoms with Gasteiger partial charge in [0, 0.05) is 12.3 Å². The molecule has 0 unspecified atom stereocenters. The molecule has 1 N–H and O–H groups in total. The third-order valence-corrected chi connectivity index (χ3v) is 2.66. The molecule has 0 aliphatic carbocycles. The highest BCUT2D eigenvalue weighted by atomic mass is 35.5. The summed E-state index contributed by atoms with van der Waals surface area (Å²) < 4.78 is 58.0. The molecule has 0 aromatic carbocycles. The molecule has 1 aliphatic heterocycles. The van der Waals surface area contributed by atoms with Crippen LogP contribution in [0.4, 0.5) is 22.4 Å². The number of esters is 1. The first-order valence-electron chi connectivity index (χ1n) is 7.95. The van der Waals surface area contributed by atoms with Crippen LogP contribution in [-0.2, 0) is 19.1 Å². The van der Waals surface area contributed by atoms with Crippen LogP contribution in [0, 0.1) is 0 Å². The summed E-state index contributed by atoms with van der Waals surface area (Å²) in [6.45, 7) is 2.66. The van der Waals surface area contributed by atoms with Crippen molar-refractivity contribution in [1.82, 2.24) is 15.1 Å². The van der Waals surface area contributed by atoms with Gasteiger partial charge in [0.25, 0.3) is 0 Å². The zero-order chi connectivity index (χ0) is 23.5. The molecule has 0 fully saturated rings. The molecule has 2 heterocycles. The van der Waals surface area contributed by atoms with Crippen molar-refractivity contribution in [3.8, 4) is 5.88 Å². The standard InChI is InChI=1S/C9H13NO3.C4H4F2N2O.C3H3ClF2O2/c1-9(2,3)13-8(12)10-5-4-7(11)6-10;5-4(6)9-3-1-2-7-8-3;1-8-2(7)3(4,5)6/h4-5H,6H2,1-3H3;1-2,4H,(H,7,8);1H3. The predicted octanol–water partition coefficient (Wildman–Crippen LogP) is 3.32. The van der Waals surface area contributed by atoms with E-state index in [1.807, 2.05) is 0 Å². The Morgan fingerprint density at radius 2 is 1.90 bits per heavy atom. The van der Waals surface area contributed by atoms with Crippen LogP contribution >= 0.6 is 11.6 Å². The second kappa shape index (κ2) is 12.0. The Balaban J connectivity index is 0.000000438. The van der Waals surface area contributed by atoms with Gasteiger partial charge >= 0.3 is 24.1 Å². The molecule has 0 saturated heterocycles. The highest BCUT2D eigenvalue weighted by molar-refractivity contribution is 6.31. The average molecular weight is 462 g/mol. The van der Waals surface area contributed by atoms with E-state index < -0.39 is 29.7 Å². The van der Waals surface area contributed by atoms with Crippen molar-refractivity contribution < 1.29 is 46.2 Å². The number of nitrogens with one attached hydrogen (secondary N) is 1. The van der Waals surface area contributed by atoms with Crippen LogP contribution in [0.15, 0.2) is 24.5 Å². The zero-order valence-electron chi connectivity index (χ0n) is 16.3. The van der Waals surface area contributed by atoms with Crippen molar-refractivity contribution in [1.29, 1.82) is 0 Å². The summed E-state index contributed by atoms with van der Waals surface area (Å²) in [5, 5.41) is 1.73. The number of hydrogen-bond donors (Lipinski definition) is 1. The maximum atomic E-state index is 11.4. The van der Waals surface area contributed by atoms with Crippen molar-refractivity contribution in [2.45, 2.75) is 38.4 Å². The number of alkyl halides is 5. The molecule has 0 atom stereocenters. The number of rotatable bonds is 3. The summed E-state index contributed by atoms with van der Waals surface area (Å²) in [5.41, 5.74) is -0.517. The van der Waals surface area contributed by atoms with Crippen LogP contribution in [-0.4, -0.2) is 64.2 Å². The molecule has 0 saturated carbocycles. The molecule has 0 radical (unpaired) electrons. The van der Waals surface area contributed by atoms with Crippen LogP contribution in [0.25, 0.3) is 0 Å². The Morgan fingerprint density at radius 3 is 2.20 bits per heavy atom. The normalized spacial score (nSPS) is 13.1. The number of ketones is 1. The number of carbonyl (C=O) groups excluding carboxylic acids is 3. The topological polar surface area (TPSA) is 111 Å². The Bertz CT molecular complexity index is 718. The summed E-state index contributed by atoms with van der Waals surface area (Å²) in [7, 11) is 0.832. The van der Waals surface area contributed by atoms with Gasteiger partial charge in [0.2, 0.25) is 5.88 Å². The maximum Gasteiger partial charge on any atom is 0.417 e. The fourth-order valence-electron chi connectivity index (χ4n) is 1.41. The van der Waals surface area contributed by atoms with E-state index in [1.165, 1.54) is 29.4 Å². The Morgan fingerprint density at radius 1 is 1.30 bits per heavy atom. The van der Waals surface area contributed by atoms with Crippen molar-refractivity contribution in [3.63, 3.8) is 0 Å². The third-order valence-electron chi connectivity index (χ3n) is 2.50. The van der Waals surface area contributed by atoms with Crippen LogP contribution in [0.1, 0.15) is 20.8 Å². The first kappa shape index (κ1) is 27.2. The lowest BCUT2D eigenvalue weighted by molar-refractivity contribution is -0.157. The lowest BCUT2D eigenvalue weighted by atomic mass is 10.2. The first-order valence-corrected chi connectivity index (χ1v) is 8.33. The molecule has 1 aliphatic rings. The lowest BCUT2D eigenvalue weighted by Crippen LogP contribution is -2.33. The molecule has 0 bridgehead atoms.